The number of hydrogen-bond donors (Lipinski definition) is 6. The van der Waals surface area contributed by atoms with Gasteiger partial charge in [0.15, 0.2) is 5.78 Å². The topological polar surface area (TPSA) is 194 Å². The summed E-state index contributed by atoms with van der Waals surface area (Å²) in [5, 5.41) is 29.5. The van der Waals surface area contributed by atoms with Crippen LogP contribution >= 0.6 is 0 Å². The maximum absolute atomic E-state index is 13.2. The second-order valence-electron chi connectivity index (χ2n) is 10.2. The Kier molecular flexibility index (Phi) is 13.3. The van der Waals surface area contributed by atoms with Crippen molar-refractivity contribution < 1.29 is 39.0 Å². The predicted octanol–water partition coefficient (Wildman–Crippen LogP) is -1.08. The van der Waals surface area contributed by atoms with Crippen LogP contribution in [-0.4, -0.2) is 100 Å². The summed E-state index contributed by atoms with van der Waals surface area (Å²) < 4.78 is 0. The Hall–Kier alpha value is -3.06. The van der Waals surface area contributed by atoms with Crippen LogP contribution in [0.3, 0.4) is 0 Å². The maximum atomic E-state index is 13.2. The lowest BCUT2D eigenvalue weighted by Gasteiger charge is -2.30. The van der Waals surface area contributed by atoms with Crippen LogP contribution in [0.2, 0.25) is 0 Å². The van der Waals surface area contributed by atoms with Crippen molar-refractivity contribution in [3.8, 4) is 0 Å². The van der Waals surface area contributed by atoms with E-state index in [9.17, 15) is 33.9 Å². The first-order valence-corrected chi connectivity index (χ1v) is 13.0. The second kappa shape index (κ2) is 15.4. The molecule has 0 aromatic heterocycles. The number of amides is 4. The van der Waals surface area contributed by atoms with Crippen LogP contribution in [0.1, 0.15) is 66.7 Å². The van der Waals surface area contributed by atoms with Crippen molar-refractivity contribution in [1.29, 1.82) is 0 Å². The normalized spacial score (nSPS) is 19.2. The minimum absolute atomic E-state index is 0.226. The fourth-order valence-electron chi connectivity index (χ4n) is 4.19. The third kappa shape index (κ3) is 10.0. The smallest absolute Gasteiger partial charge is 0.303 e. The van der Waals surface area contributed by atoms with Gasteiger partial charge in [-0.1, -0.05) is 13.8 Å². The Balaban J connectivity index is 3.05. The molecule has 0 radical (unpaired) electrons. The van der Waals surface area contributed by atoms with E-state index in [4.69, 9.17) is 5.11 Å². The van der Waals surface area contributed by atoms with Crippen LogP contribution in [0, 0.1) is 5.92 Å². The van der Waals surface area contributed by atoms with Gasteiger partial charge in [-0.3, -0.25) is 28.8 Å². The lowest BCUT2D eigenvalue weighted by molar-refractivity contribution is -0.142. The van der Waals surface area contributed by atoms with E-state index in [-0.39, 0.29) is 24.0 Å². The Morgan fingerprint density at radius 1 is 0.947 bits per heavy atom. The fourth-order valence-corrected chi connectivity index (χ4v) is 4.19. The number of aliphatic carboxylic acids is 1. The Morgan fingerprint density at radius 3 is 2.08 bits per heavy atom. The molecule has 1 aliphatic heterocycles. The van der Waals surface area contributed by atoms with Gasteiger partial charge in [0, 0.05) is 13.0 Å². The summed E-state index contributed by atoms with van der Waals surface area (Å²) in [5.74, 6) is -3.80. The number of likely N-dealkylation sites (tertiary alicyclic amines) is 1. The van der Waals surface area contributed by atoms with Crippen LogP contribution in [0.25, 0.3) is 0 Å². The van der Waals surface area contributed by atoms with Crippen molar-refractivity contribution in [3.05, 3.63) is 0 Å². The van der Waals surface area contributed by atoms with Crippen LogP contribution in [0.4, 0.5) is 0 Å². The molecule has 1 fully saturated rings. The largest absolute Gasteiger partial charge is 0.481 e. The van der Waals surface area contributed by atoms with Gasteiger partial charge in [0.2, 0.25) is 23.6 Å². The number of ketones is 1. The minimum Gasteiger partial charge on any atom is -0.481 e. The van der Waals surface area contributed by atoms with E-state index >= 15 is 0 Å². The molecule has 0 bridgehead atoms. The molecule has 1 unspecified atom stereocenters. The van der Waals surface area contributed by atoms with Gasteiger partial charge in [0.25, 0.3) is 0 Å². The summed E-state index contributed by atoms with van der Waals surface area (Å²) in [6.45, 7) is 8.34. The average Bonchev–Trinajstić information content (AvgIpc) is 3.32. The van der Waals surface area contributed by atoms with E-state index in [0.29, 0.717) is 25.8 Å². The summed E-state index contributed by atoms with van der Waals surface area (Å²) in [4.78, 5) is 76.1. The van der Waals surface area contributed by atoms with Crippen molar-refractivity contribution >= 4 is 35.4 Å². The number of carbonyl (C=O) groups is 6. The van der Waals surface area contributed by atoms with Gasteiger partial charge in [0.1, 0.15) is 18.1 Å². The first-order chi connectivity index (χ1) is 17.7. The van der Waals surface area contributed by atoms with E-state index < -0.39 is 66.4 Å². The zero-order valence-corrected chi connectivity index (χ0v) is 23.1. The first kappa shape index (κ1) is 33.0. The lowest BCUT2D eigenvalue weighted by atomic mass is 10.0. The van der Waals surface area contributed by atoms with Gasteiger partial charge in [0.05, 0.1) is 18.2 Å². The van der Waals surface area contributed by atoms with Crippen molar-refractivity contribution in [2.75, 3.05) is 13.6 Å². The molecule has 0 saturated carbocycles. The monoisotopic (exact) mass is 541 g/mol. The average molecular weight is 542 g/mol. The highest BCUT2D eigenvalue weighted by Crippen LogP contribution is 2.21. The van der Waals surface area contributed by atoms with Gasteiger partial charge in [-0.2, -0.15) is 0 Å². The van der Waals surface area contributed by atoms with Crippen molar-refractivity contribution in [2.45, 2.75) is 103 Å². The van der Waals surface area contributed by atoms with E-state index in [1.165, 1.54) is 25.7 Å². The van der Waals surface area contributed by atoms with E-state index in [1.807, 2.05) is 13.8 Å². The molecule has 13 heteroatoms. The fraction of sp³-hybridized carbons (Fsp3) is 0.760. The molecule has 38 heavy (non-hydrogen) atoms. The molecular formula is C25H43N5O8. The summed E-state index contributed by atoms with van der Waals surface area (Å²) >= 11 is 0. The Morgan fingerprint density at radius 2 is 1.58 bits per heavy atom. The molecule has 1 rings (SSSR count). The lowest BCUT2D eigenvalue weighted by Crippen LogP contribution is -2.60. The number of carboxylic acid groups (broad SMARTS) is 1. The zero-order valence-electron chi connectivity index (χ0n) is 23.1. The molecule has 0 aliphatic carbocycles. The summed E-state index contributed by atoms with van der Waals surface area (Å²) in [7, 11) is 1.67. The molecule has 0 aromatic rings. The molecule has 1 heterocycles. The number of Topliss-reactive ketones (excluding diaryl/α,β-unsaturated/α-hetero) is 1. The molecule has 1 aliphatic rings. The third-order valence-electron chi connectivity index (χ3n) is 6.50. The number of likely N-dealkylation sites (N-methyl/N-ethyl adjacent to an activating group) is 1. The van der Waals surface area contributed by atoms with Gasteiger partial charge in [-0.15, -0.1) is 0 Å². The molecule has 0 spiro atoms. The number of nitrogens with one attached hydrogen (secondary N) is 4. The third-order valence-corrected chi connectivity index (χ3v) is 6.50. The Bertz CT molecular complexity index is 878. The van der Waals surface area contributed by atoms with E-state index in [1.54, 1.807) is 7.05 Å². The minimum atomic E-state index is -1.45. The summed E-state index contributed by atoms with van der Waals surface area (Å²) in [6.07, 6.45) is -0.532. The summed E-state index contributed by atoms with van der Waals surface area (Å²) in [5.41, 5.74) is 0. The number of aliphatic hydroxyl groups is 1. The summed E-state index contributed by atoms with van der Waals surface area (Å²) in [6, 6.07) is -4.96. The SMILES string of the molecule is CN[C@@H](CC(C)C)C(=O)N1CCC[C@H]1C(=O)N[C@@H](CCC(=O)O)C(=O)N[C@H](C(=O)N[C@@H](C)C(C)=O)C(C)O. The molecule has 216 valence electrons. The van der Waals surface area contributed by atoms with Gasteiger partial charge >= 0.3 is 5.97 Å². The molecule has 1 saturated heterocycles. The number of nitrogens with zero attached hydrogens (tertiary/aromatic N) is 1. The van der Waals surface area contributed by atoms with Gasteiger partial charge in [-0.25, -0.2) is 0 Å². The number of hydrogen-bond acceptors (Lipinski definition) is 8. The van der Waals surface area contributed by atoms with Crippen LogP contribution < -0.4 is 21.3 Å². The van der Waals surface area contributed by atoms with Gasteiger partial charge in [-0.05, 0) is 59.4 Å². The number of rotatable bonds is 15. The van der Waals surface area contributed by atoms with Gasteiger partial charge < -0.3 is 36.4 Å². The maximum Gasteiger partial charge on any atom is 0.303 e. The van der Waals surface area contributed by atoms with Crippen LogP contribution in [-0.2, 0) is 28.8 Å². The Labute approximate surface area is 223 Å². The molecular weight excluding hydrogens is 498 g/mol. The first-order valence-electron chi connectivity index (χ1n) is 13.0. The number of aliphatic hydroxyl groups excluding tert-OH is 1. The highest BCUT2D eigenvalue weighted by Gasteiger charge is 2.39. The zero-order chi connectivity index (χ0) is 29.2. The van der Waals surface area contributed by atoms with Crippen molar-refractivity contribution in [1.82, 2.24) is 26.2 Å². The van der Waals surface area contributed by atoms with E-state index in [0.717, 1.165) is 0 Å². The van der Waals surface area contributed by atoms with Crippen LogP contribution in [0.5, 0.6) is 0 Å². The van der Waals surface area contributed by atoms with Crippen molar-refractivity contribution in [2.24, 2.45) is 5.92 Å². The molecule has 13 nitrogen and oxygen atoms in total. The number of carbonyl (C=O) groups excluding carboxylic acids is 5. The van der Waals surface area contributed by atoms with E-state index in [2.05, 4.69) is 21.3 Å². The molecule has 6 N–H and O–H groups in total. The molecule has 4 amide bonds. The predicted molar refractivity (Wildman–Crippen MR) is 138 cm³/mol. The molecule has 0 aromatic carbocycles. The number of carboxylic acids is 1. The van der Waals surface area contributed by atoms with Crippen molar-refractivity contribution in [3.63, 3.8) is 0 Å². The standard InChI is InChI=1S/C25H43N5O8/c1-13(2)12-18(26-6)25(38)30-11-7-8-19(30)23(36)28-17(9-10-20(33)34)22(35)29-21(16(5)32)24(37)27-14(3)15(4)31/h13-14,16-19,21,26,32H,7-12H2,1-6H3,(H,27,37)(H,28,36)(H,29,35)(H,33,34)/t14-,16?,17-,18-,19-,21-/m0/s1. The molecule has 6 atom stereocenters. The second-order valence-corrected chi connectivity index (χ2v) is 10.2. The highest BCUT2D eigenvalue weighted by molar-refractivity contribution is 5.96. The quantitative estimate of drug-likeness (QED) is 0.149. The van der Waals surface area contributed by atoms with Crippen LogP contribution in [0.15, 0.2) is 0 Å². The highest BCUT2D eigenvalue weighted by atomic mass is 16.4.